The third-order valence-electron chi connectivity index (χ3n) is 11.9. The number of piperidine rings is 3. The van der Waals surface area contributed by atoms with Gasteiger partial charge < -0.3 is 29.0 Å². The van der Waals surface area contributed by atoms with Crippen molar-refractivity contribution in [1.29, 1.82) is 0 Å². The first kappa shape index (κ1) is 42.8. The van der Waals surface area contributed by atoms with Crippen molar-refractivity contribution in [2.45, 2.75) is 62.2 Å². The van der Waals surface area contributed by atoms with Crippen LogP contribution < -0.4 is 24.2 Å². The topological polar surface area (TPSA) is 136 Å². The number of carboxylic acid groups (broad SMARTS) is 1. The Morgan fingerprint density at radius 2 is 1.69 bits per heavy atom. The zero-order valence-corrected chi connectivity index (χ0v) is 35.3. The van der Waals surface area contributed by atoms with E-state index >= 15 is 0 Å². The highest BCUT2D eigenvalue weighted by Gasteiger charge is 2.53. The van der Waals surface area contributed by atoms with Crippen molar-refractivity contribution in [1.82, 2.24) is 9.80 Å². The molecule has 0 unspecified atom stereocenters. The maximum absolute atomic E-state index is 14.8. The van der Waals surface area contributed by atoms with Crippen LogP contribution in [-0.2, 0) is 22.5 Å². The molecule has 1 aliphatic carbocycles. The number of carbonyl (C=O) groups excluding carboxylic acids is 3. The Morgan fingerprint density at radius 3 is 2.34 bits per heavy atom. The lowest BCUT2D eigenvalue weighted by molar-refractivity contribution is -0.904. The number of aliphatic carboxylic acids is 1. The van der Waals surface area contributed by atoms with Gasteiger partial charge in [-0.05, 0) is 105 Å². The quantitative estimate of drug-likeness (QED) is 0.100. The van der Waals surface area contributed by atoms with E-state index in [2.05, 4.69) is 4.90 Å². The average molecular weight is 898 g/mol. The molecule has 1 saturated carbocycles. The number of benzene rings is 3. The Hall–Kier alpha value is -4.83. The number of anilines is 1. The van der Waals surface area contributed by atoms with Gasteiger partial charge in [0.2, 0.25) is 12.4 Å². The Bertz CT molecular complexity index is 2240. The molecule has 9 rings (SSSR count). The molecule has 1 aromatic heterocycles. The smallest absolute Gasteiger partial charge is 0.414 e. The highest BCUT2D eigenvalue weighted by atomic mass is 35.5. The van der Waals surface area contributed by atoms with Crippen molar-refractivity contribution >= 4 is 58.6 Å². The number of hydrogen-bond acceptors (Lipinski definition) is 10. The molecule has 4 saturated heterocycles. The molecule has 5 fully saturated rings. The van der Waals surface area contributed by atoms with Crippen molar-refractivity contribution in [3.63, 3.8) is 0 Å². The Labute approximate surface area is 365 Å². The number of alkyl halides is 2. The van der Waals surface area contributed by atoms with Gasteiger partial charge >= 0.3 is 12.7 Å². The van der Waals surface area contributed by atoms with E-state index in [-0.39, 0.29) is 76.6 Å². The molecule has 0 spiro atoms. The van der Waals surface area contributed by atoms with Crippen molar-refractivity contribution < 1.29 is 52.4 Å². The van der Waals surface area contributed by atoms with Gasteiger partial charge in [-0.3, -0.25) is 19.8 Å². The summed E-state index contributed by atoms with van der Waals surface area (Å²) in [5.74, 6) is -2.89. The van der Waals surface area contributed by atoms with E-state index in [9.17, 15) is 33.5 Å². The van der Waals surface area contributed by atoms with E-state index in [1.165, 1.54) is 40.4 Å². The fourth-order valence-electron chi connectivity index (χ4n) is 8.60. The number of ether oxygens (including phenoxy) is 3. The number of thioether (sulfide) groups is 1. The van der Waals surface area contributed by atoms with Crippen LogP contribution in [0.15, 0.2) is 85.2 Å². The number of amides is 2. The molecule has 2 bridgehead atoms. The summed E-state index contributed by atoms with van der Waals surface area (Å²) in [6, 6.07) is 19.9. The molecular formula is C44H44Cl2F2N4O8S. The van der Waals surface area contributed by atoms with Crippen LogP contribution in [-0.4, -0.2) is 89.1 Å². The summed E-state index contributed by atoms with van der Waals surface area (Å²) in [5, 5.41) is 24.0. The fraction of sp³-hybridized carbons (Fsp3) is 0.409. The van der Waals surface area contributed by atoms with Crippen LogP contribution in [0, 0.1) is 11.8 Å². The van der Waals surface area contributed by atoms with E-state index in [0.29, 0.717) is 34.0 Å². The molecule has 0 radical (unpaired) electrons. The average Bonchev–Trinajstić information content (AvgIpc) is 3.97. The third-order valence-corrected chi connectivity index (χ3v) is 14.1. The SMILES string of the molecule is O=C(O[C@H]1CN2CCC1CC2)N(Cc1cccc(C(=O)N2CCS[C@]2(C(=O)[O-])[C@@H](Cc2c(Cl)c[n+](O)cc2Cl)c2ccc(OC(F)F)c(OCC3CC3)c2)c1)c1ccccc1. The maximum Gasteiger partial charge on any atom is 0.414 e. The van der Waals surface area contributed by atoms with Gasteiger partial charge in [-0.15, -0.1) is 11.8 Å². The molecule has 322 valence electrons. The standard InChI is InChI=1S/C44H44Cl2F2N4O8S/c45-35-23-50(57)24-36(46)33(35)21-34(30-11-12-37(59-42(47)48)38(20-30)58-26-27-9-10-27)44(41(54)55)52(17-18-61-44)40(53)31-6-4-5-28(19-31)22-51(32-7-2-1-3-8-32)43(56)60-39-25-49-15-13-29(39)14-16-49/h1-8,11-12,19-20,23-24,27,29,34,39,42H,9-10,13-18,21-22,25-26H2,(H-,54,55,57)/t34-,39-,44-/m0/s1. The highest BCUT2D eigenvalue weighted by molar-refractivity contribution is 8.01. The second-order valence-electron chi connectivity index (χ2n) is 15.9. The Balaban J connectivity index is 1.14. The second kappa shape index (κ2) is 18.3. The maximum atomic E-state index is 14.8. The normalized spacial score (nSPS) is 22.5. The number of nitrogens with zero attached hydrogens (tertiary/aromatic N) is 4. The molecule has 4 aliphatic heterocycles. The Morgan fingerprint density at radius 1 is 0.951 bits per heavy atom. The predicted molar refractivity (Wildman–Crippen MR) is 221 cm³/mol. The number of fused-ring (bicyclic) bond motifs is 3. The van der Waals surface area contributed by atoms with E-state index < -0.39 is 35.4 Å². The van der Waals surface area contributed by atoms with Crippen LogP contribution in [0.25, 0.3) is 0 Å². The lowest BCUT2D eigenvalue weighted by Crippen LogP contribution is -2.60. The van der Waals surface area contributed by atoms with Crippen LogP contribution in [0.1, 0.15) is 58.6 Å². The Kier molecular flexibility index (Phi) is 12.8. The van der Waals surface area contributed by atoms with E-state index in [1.807, 2.05) is 30.3 Å². The lowest BCUT2D eigenvalue weighted by Gasteiger charge is -2.45. The molecule has 1 N–H and O–H groups in total. The number of pyridine rings is 1. The van der Waals surface area contributed by atoms with E-state index in [1.54, 1.807) is 24.3 Å². The summed E-state index contributed by atoms with van der Waals surface area (Å²) in [6.45, 7) is -0.186. The minimum atomic E-state index is -3.16. The van der Waals surface area contributed by atoms with Gasteiger partial charge in [0.05, 0.1) is 19.1 Å². The molecule has 61 heavy (non-hydrogen) atoms. The van der Waals surface area contributed by atoms with Crippen LogP contribution in [0.2, 0.25) is 10.0 Å². The third kappa shape index (κ3) is 9.35. The van der Waals surface area contributed by atoms with Crippen LogP contribution >= 0.6 is 35.0 Å². The first-order chi connectivity index (χ1) is 29.4. The number of carboxylic acids is 1. The molecule has 2 amide bonds. The van der Waals surface area contributed by atoms with Crippen LogP contribution in [0.5, 0.6) is 11.5 Å². The lowest BCUT2D eigenvalue weighted by atomic mass is 9.83. The number of hydrogen-bond donors (Lipinski definition) is 1. The summed E-state index contributed by atoms with van der Waals surface area (Å²) < 4.78 is 44.7. The monoisotopic (exact) mass is 896 g/mol. The van der Waals surface area contributed by atoms with E-state index in [0.717, 1.165) is 50.5 Å². The van der Waals surface area contributed by atoms with Crippen molar-refractivity contribution in [2.75, 3.05) is 43.4 Å². The molecule has 5 heterocycles. The number of halogens is 4. The van der Waals surface area contributed by atoms with Gasteiger partial charge in [-0.1, -0.05) is 59.6 Å². The largest absolute Gasteiger partial charge is 0.547 e. The van der Waals surface area contributed by atoms with Gasteiger partial charge in [0.25, 0.3) is 5.91 Å². The number of aromatic nitrogens is 1. The molecule has 17 heteroatoms. The summed E-state index contributed by atoms with van der Waals surface area (Å²) in [6.07, 6.45) is 5.23. The molecule has 3 aromatic carbocycles. The van der Waals surface area contributed by atoms with Gasteiger partial charge in [0.1, 0.15) is 21.0 Å². The molecule has 5 aliphatic rings. The summed E-state index contributed by atoms with van der Waals surface area (Å²) >= 11 is 14.2. The van der Waals surface area contributed by atoms with Crippen molar-refractivity contribution in [3.05, 3.63) is 117 Å². The summed E-state index contributed by atoms with van der Waals surface area (Å²) in [4.78, 5) is 45.6. The first-order valence-corrected chi connectivity index (χ1v) is 22.0. The van der Waals surface area contributed by atoms with Gasteiger partial charge in [0, 0.05) is 46.3 Å². The minimum Gasteiger partial charge on any atom is -0.547 e. The number of rotatable bonds is 15. The zero-order valence-electron chi connectivity index (χ0n) is 33.0. The zero-order chi connectivity index (χ0) is 42.8. The predicted octanol–water partition coefficient (Wildman–Crippen LogP) is 6.81. The molecule has 3 atom stereocenters. The van der Waals surface area contributed by atoms with Crippen molar-refractivity contribution in [3.8, 4) is 11.5 Å². The number of para-hydroxylation sites is 1. The van der Waals surface area contributed by atoms with Crippen molar-refractivity contribution in [2.24, 2.45) is 11.8 Å². The van der Waals surface area contributed by atoms with Gasteiger partial charge in [-0.25, -0.2) is 4.79 Å². The molecule has 12 nitrogen and oxygen atoms in total. The van der Waals surface area contributed by atoms with Gasteiger partial charge in [0.15, 0.2) is 11.5 Å². The molecule has 4 aromatic rings. The highest BCUT2D eigenvalue weighted by Crippen LogP contribution is 2.51. The minimum absolute atomic E-state index is 0.00472. The molecular weight excluding hydrogens is 853 g/mol. The number of carbonyl (C=O) groups is 3. The summed E-state index contributed by atoms with van der Waals surface area (Å²) in [7, 11) is 0. The fourth-order valence-corrected chi connectivity index (χ4v) is 10.7. The first-order valence-electron chi connectivity index (χ1n) is 20.2. The second-order valence-corrected chi connectivity index (χ2v) is 18.0. The van der Waals surface area contributed by atoms with Crippen LogP contribution in [0.3, 0.4) is 0 Å². The summed E-state index contributed by atoms with van der Waals surface area (Å²) in [5.41, 5.74) is 1.92. The van der Waals surface area contributed by atoms with Gasteiger partial charge in [-0.2, -0.15) is 8.78 Å². The van der Waals surface area contributed by atoms with Crippen LogP contribution in [0.4, 0.5) is 19.3 Å². The van der Waals surface area contributed by atoms with E-state index in [4.69, 9.17) is 37.4 Å².